The van der Waals surface area contributed by atoms with E-state index >= 15 is 0 Å². The number of hydrogen-bond acceptors (Lipinski definition) is 3. The third-order valence-corrected chi connectivity index (χ3v) is 4.80. The number of aliphatic carboxylic acids is 1. The normalized spacial score (nSPS) is 22.0. The van der Waals surface area contributed by atoms with Crippen molar-refractivity contribution in [2.24, 2.45) is 0 Å². The minimum Gasteiger partial charge on any atom is -0.479 e. The van der Waals surface area contributed by atoms with Crippen LogP contribution in [-0.2, 0) is 4.79 Å². The number of carbonyl (C=O) groups is 2. The van der Waals surface area contributed by atoms with Gasteiger partial charge in [-0.3, -0.25) is 4.79 Å². The Balaban J connectivity index is 2.29. The summed E-state index contributed by atoms with van der Waals surface area (Å²) in [5.74, 6) is -1.08. The minimum absolute atomic E-state index is 0.181. The molecule has 1 N–H and O–H groups in total. The highest BCUT2D eigenvalue weighted by atomic mass is 32.2. The van der Waals surface area contributed by atoms with E-state index < -0.39 is 11.5 Å². The lowest BCUT2D eigenvalue weighted by Gasteiger charge is -2.34. The van der Waals surface area contributed by atoms with Crippen LogP contribution in [0.25, 0.3) is 0 Å². The molecular weight excluding hydrogens is 274 g/mol. The second-order valence-electron chi connectivity index (χ2n) is 4.98. The second kappa shape index (κ2) is 5.87. The first-order chi connectivity index (χ1) is 9.55. The van der Waals surface area contributed by atoms with Crippen LogP contribution in [0.5, 0.6) is 0 Å². The van der Waals surface area contributed by atoms with Crippen LogP contribution in [0.2, 0.25) is 0 Å². The molecule has 20 heavy (non-hydrogen) atoms. The molecule has 1 unspecified atom stereocenters. The van der Waals surface area contributed by atoms with Crippen LogP contribution in [-0.4, -0.2) is 40.2 Å². The molecule has 1 aliphatic heterocycles. The summed E-state index contributed by atoms with van der Waals surface area (Å²) < 4.78 is 0. The fraction of sp³-hybridized carbons (Fsp3) is 0.467. The molecule has 1 atom stereocenters. The summed E-state index contributed by atoms with van der Waals surface area (Å²) in [5, 5.41) is 9.51. The molecule has 0 bridgehead atoms. The van der Waals surface area contributed by atoms with Crippen molar-refractivity contribution in [3.05, 3.63) is 29.8 Å². The van der Waals surface area contributed by atoms with Gasteiger partial charge in [-0.15, -0.1) is 11.8 Å². The lowest BCUT2D eigenvalue weighted by Crippen LogP contribution is -2.52. The van der Waals surface area contributed by atoms with Crippen molar-refractivity contribution >= 4 is 23.6 Å². The quantitative estimate of drug-likeness (QED) is 0.867. The molecule has 1 amide bonds. The summed E-state index contributed by atoms with van der Waals surface area (Å²) in [7, 11) is 0. The maximum absolute atomic E-state index is 12.6. The predicted molar refractivity (Wildman–Crippen MR) is 79.2 cm³/mol. The Morgan fingerprint density at radius 3 is 2.50 bits per heavy atom. The zero-order chi connectivity index (χ0) is 14.8. The van der Waals surface area contributed by atoms with E-state index in [0.717, 1.165) is 11.3 Å². The van der Waals surface area contributed by atoms with Gasteiger partial charge in [0.25, 0.3) is 5.91 Å². The van der Waals surface area contributed by atoms with Gasteiger partial charge >= 0.3 is 5.97 Å². The second-order valence-corrected chi connectivity index (χ2v) is 5.86. The molecule has 1 aliphatic rings. The number of amides is 1. The van der Waals surface area contributed by atoms with Crippen molar-refractivity contribution in [1.29, 1.82) is 0 Å². The highest BCUT2D eigenvalue weighted by Crippen LogP contribution is 2.34. The Bertz CT molecular complexity index is 514. The lowest BCUT2D eigenvalue weighted by molar-refractivity contribution is -0.148. The third-order valence-electron chi connectivity index (χ3n) is 4.05. The first-order valence-corrected chi connectivity index (χ1v) is 7.97. The Labute approximate surface area is 123 Å². The molecule has 5 heteroatoms. The molecule has 0 saturated carbocycles. The number of carbonyl (C=O) groups excluding carboxylic acids is 1. The fourth-order valence-corrected chi connectivity index (χ4v) is 3.21. The summed E-state index contributed by atoms with van der Waals surface area (Å²) in [6, 6.07) is 7.33. The topological polar surface area (TPSA) is 57.6 Å². The van der Waals surface area contributed by atoms with E-state index in [0.29, 0.717) is 24.9 Å². The number of hydrogen-bond donors (Lipinski definition) is 1. The molecular formula is C15H19NO3S. The first-order valence-electron chi connectivity index (χ1n) is 6.74. The molecule has 0 spiro atoms. The predicted octanol–water partition coefficient (Wildman–Crippen LogP) is 2.88. The molecule has 1 fully saturated rings. The van der Waals surface area contributed by atoms with Crippen molar-refractivity contribution in [2.75, 3.05) is 12.8 Å². The number of benzene rings is 1. The van der Waals surface area contributed by atoms with Gasteiger partial charge in [0.15, 0.2) is 0 Å². The van der Waals surface area contributed by atoms with E-state index in [1.807, 2.05) is 25.3 Å². The van der Waals surface area contributed by atoms with Crippen LogP contribution in [0.1, 0.15) is 36.5 Å². The summed E-state index contributed by atoms with van der Waals surface area (Å²) in [6.07, 6.45) is 3.70. The van der Waals surface area contributed by atoms with Crippen molar-refractivity contribution < 1.29 is 14.7 Å². The van der Waals surface area contributed by atoms with Gasteiger partial charge in [-0.1, -0.05) is 6.92 Å². The van der Waals surface area contributed by atoms with Gasteiger partial charge in [0.1, 0.15) is 5.54 Å². The molecule has 4 nitrogen and oxygen atoms in total. The third kappa shape index (κ3) is 2.42. The van der Waals surface area contributed by atoms with Gasteiger partial charge in [0.05, 0.1) is 0 Å². The van der Waals surface area contributed by atoms with Crippen LogP contribution in [0.3, 0.4) is 0 Å². The maximum Gasteiger partial charge on any atom is 0.329 e. The molecule has 0 radical (unpaired) electrons. The van der Waals surface area contributed by atoms with Gasteiger partial charge < -0.3 is 10.0 Å². The number of thioether (sulfide) groups is 1. The van der Waals surface area contributed by atoms with Gasteiger partial charge in [-0.25, -0.2) is 4.79 Å². The number of likely N-dealkylation sites (tertiary alicyclic amines) is 1. The highest BCUT2D eigenvalue weighted by Gasteiger charge is 2.48. The summed E-state index contributed by atoms with van der Waals surface area (Å²) in [4.78, 5) is 26.8. The van der Waals surface area contributed by atoms with Crippen LogP contribution in [0, 0.1) is 0 Å². The SMILES string of the molecule is CCC1(C(=O)O)CCCN1C(=O)c1ccc(SC)cc1. The average Bonchev–Trinajstić information content (AvgIpc) is 2.91. The molecule has 0 aromatic heterocycles. The van der Waals surface area contributed by atoms with Crippen LogP contribution in [0.15, 0.2) is 29.2 Å². The number of carboxylic acids is 1. The largest absolute Gasteiger partial charge is 0.479 e. The van der Waals surface area contributed by atoms with E-state index in [1.165, 1.54) is 4.90 Å². The van der Waals surface area contributed by atoms with Gasteiger partial charge in [-0.05, 0) is 49.8 Å². The average molecular weight is 293 g/mol. The molecule has 1 aromatic rings. The molecule has 2 rings (SSSR count). The Kier molecular flexibility index (Phi) is 4.38. The molecule has 1 aromatic carbocycles. The highest BCUT2D eigenvalue weighted by molar-refractivity contribution is 7.98. The lowest BCUT2D eigenvalue weighted by atomic mass is 9.92. The summed E-state index contributed by atoms with van der Waals surface area (Å²) in [5.41, 5.74) is -0.473. The van der Waals surface area contributed by atoms with E-state index in [1.54, 1.807) is 23.9 Å². The Morgan fingerprint density at radius 1 is 1.35 bits per heavy atom. The van der Waals surface area contributed by atoms with Crippen LogP contribution in [0.4, 0.5) is 0 Å². The standard InChI is InChI=1S/C15H19NO3S/c1-3-15(14(18)19)9-4-10-16(15)13(17)11-5-7-12(20-2)8-6-11/h5-8H,3-4,9-10H2,1-2H3,(H,18,19). The van der Waals surface area contributed by atoms with Crippen LogP contribution < -0.4 is 0 Å². The van der Waals surface area contributed by atoms with Crippen molar-refractivity contribution in [3.63, 3.8) is 0 Å². The smallest absolute Gasteiger partial charge is 0.329 e. The maximum atomic E-state index is 12.6. The van der Waals surface area contributed by atoms with Gasteiger partial charge in [-0.2, -0.15) is 0 Å². The van der Waals surface area contributed by atoms with E-state index in [2.05, 4.69) is 0 Å². The molecule has 108 valence electrons. The first kappa shape index (κ1) is 14.9. The fourth-order valence-electron chi connectivity index (χ4n) is 2.81. The van der Waals surface area contributed by atoms with Gasteiger partial charge in [0.2, 0.25) is 0 Å². The van der Waals surface area contributed by atoms with E-state index in [9.17, 15) is 14.7 Å². The van der Waals surface area contributed by atoms with Crippen molar-refractivity contribution in [3.8, 4) is 0 Å². The Hall–Kier alpha value is -1.49. The Morgan fingerprint density at radius 2 is 2.00 bits per heavy atom. The molecule has 1 heterocycles. The van der Waals surface area contributed by atoms with E-state index in [-0.39, 0.29) is 5.91 Å². The van der Waals surface area contributed by atoms with Gasteiger partial charge in [0, 0.05) is 17.0 Å². The monoisotopic (exact) mass is 293 g/mol. The summed E-state index contributed by atoms with van der Waals surface area (Å²) >= 11 is 1.61. The number of rotatable bonds is 4. The number of carboxylic acid groups (broad SMARTS) is 1. The summed E-state index contributed by atoms with van der Waals surface area (Å²) in [6.45, 7) is 2.35. The van der Waals surface area contributed by atoms with Crippen LogP contribution >= 0.6 is 11.8 Å². The van der Waals surface area contributed by atoms with E-state index in [4.69, 9.17) is 0 Å². The molecule has 1 saturated heterocycles. The van der Waals surface area contributed by atoms with Crippen molar-refractivity contribution in [2.45, 2.75) is 36.6 Å². The minimum atomic E-state index is -1.03. The number of nitrogens with zero attached hydrogens (tertiary/aromatic N) is 1. The zero-order valence-electron chi connectivity index (χ0n) is 11.8. The zero-order valence-corrected chi connectivity index (χ0v) is 12.6. The van der Waals surface area contributed by atoms with Crippen molar-refractivity contribution in [1.82, 2.24) is 4.90 Å². The molecule has 0 aliphatic carbocycles.